The lowest BCUT2D eigenvalue weighted by atomic mass is 10.2. The summed E-state index contributed by atoms with van der Waals surface area (Å²) in [6.45, 7) is 0. The van der Waals surface area contributed by atoms with Gasteiger partial charge in [-0.25, -0.2) is 0 Å². The van der Waals surface area contributed by atoms with E-state index >= 15 is 0 Å². The third kappa shape index (κ3) is 2.50. The maximum atomic E-state index is 3.70. The highest BCUT2D eigenvalue weighted by Crippen LogP contribution is 2.39. The van der Waals surface area contributed by atoms with Gasteiger partial charge in [0.15, 0.2) is 0 Å². The molecule has 2 heterocycles. The summed E-state index contributed by atoms with van der Waals surface area (Å²) in [5.74, 6) is 0. The summed E-state index contributed by atoms with van der Waals surface area (Å²) >= 11 is 14.1. The molecule has 1 atom stereocenters. The van der Waals surface area contributed by atoms with Gasteiger partial charge in [0.1, 0.15) is 0 Å². The number of thiophene rings is 2. The van der Waals surface area contributed by atoms with Crippen LogP contribution in [0.15, 0.2) is 31.2 Å². The molecule has 0 fully saturated rings. The van der Waals surface area contributed by atoms with Gasteiger partial charge in [0.2, 0.25) is 0 Å². The first-order valence-electron chi connectivity index (χ1n) is 3.80. The van der Waals surface area contributed by atoms with Gasteiger partial charge in [0.05, 0.1) is 12.4 Å². The van der Waals surface area contributed by atoms with E-state index in [1.54, 1.807) is 22.7 Å². The number of halogens is 3. The molecule has 0 saturated heterocycles. The third-order valence-corrected chi connectivity index (χ3v) is 6.26. The SMILES string of the molecule is Brc1cc(C(Br)c2ccc(Br)s2)cs1. The molecule has 0 nitrogen and oxygen atoms in total. The Hall–Kier alpha value is 0.840. The van der Waals surface area contributed by atoms with E-state index in [2.05, 4.69) is 71.4 Å². The number of rotatable bonds is 2. The van der Waals surface area contributed by atoms with Gasteiger partial charge >= 0.3 is 0 Å². The molecular formula is C9H5Br3S2. The van der Waals surface area contributed by atoms with E-state index in [-0.39, 0.29) is 0 Å². The largest absolute Gasteiger partial charge is 0.136 e. The first kappa shape index (κ1) is 11.3. The highest BCUT2D eigenvalue weighted by atomic mass is 79.9. The Morgan fingerprint density at radius 3 is 2.43 bits per heavy atom. The molecule has 14 heavy (non-hydrogen) atoms. The van der Waals surface area contributed by atoms with Gasteiger partial charge in [-0.1, -0.05) is 15.9 Å². The standard InChI is InChI=1S/C9H5Br3S2/c10-7-2-1-6(14-7)9(12)5-3-8(11)13-4-5/h1-4,9H. The van der Waals surface area contributed by atoms with Crippen LogP contribution in [0.2, 0.25) is 0 Å². The molecule has 0 aromatic carbocycles. The van der Waals surface area contributed by atoms with Gasteiger partial charge in [0.25, 0.3) is 0 Å². The molecule has 0 spiro atoms. The predicted molar refractivity (Wildman–Crippen MR) is 74.8 cm³/mol. The van der Waals surface area contributed by atoms with Crippen LogP contribution in [0.25, 0.3) is 0 Å². The van der Waals surface area contributed by atoms with Crippen LogP contribution in [0.1, 0.15) is 15.3 Å². The smallest absolute Gasteiger partial charge is 0.0746 e. The Kier molecular flexibility index (Phi) is 3.87. The summed E-state index contributed by atoms with van der Waals surface area (Å²) in [6.07, 6.45) is 0. The average molecular weight is 417 g/mol. The quantitative estimate of drug-likeness (QED) is 0.541. The van der Waals surface area contributed by atoms with Crippen LogP contribution in [-0.2, 0) is 0 Å². The Morgan fingerprint density at radius 2 is 1.93 bits per heavy atom. The monoisotopic (exact) mass is 414 g/mol. The van der Waals surface area contributed by atoms with Gasteiger partial charge < -0.3 is 0 Å². The number of hydrogen-bond acceptors (Lipinski definition) is 2. The molecule has 5 heteroatoms. The summed E-state index contributed by atoms with van der Waals surface area (Å²) < 4.78 is 2.35. The van der Waals surface area contributed by atoms with Crippen LogP contribution >= 0.6 is 70.5 Å². The number of alkyl halides is 1. The van der Waals surface area contributed by atoms with Crippen molar-refractivity contribution in [2.75, 3.05) is 0 Å². The second-order valence-electron chi connectivity index (χ2n) is 2.69. The molecule has 0 amide bonds. The van der Waals surface area contributed by atoms with Crippen LogP contribution < -0.4 is 0 Å². The minimum absolute atomic E-state index is 0.307. The zero-order valence-electron chi connectivity index (χ0n) is 6.84. The van der Waals surface area contributed by atoms with Crippen LogP contribution in [0, 0.1) is 0 Å². The second kappa shape index (κ2) is 4.78. The third-order valence-electron chi connectivity index (χ3n) is 1.72. The summed E-state index contributed by atoms with van der Waals surface area (Å²) in [5.41, 5.74) is 1.30. The molecule has 1 unspecified atom stereocenters. The average Bonchev–Trinajstić information content (AvgIpc) is 2.73. The van der Waals surface area contributed by atoms with E-state index in [4.69, 9.17) is 0 Å². The predicted octanol–water partition coefficient (Wildman–Crippen LogP) is 5.82. The first-order chi connectivity index (χ1) is 6.66. The molecule has 0 radical (unpaired) electrons. The lowest BCUT2D eigenvalue weighted by Gasteiger charge is -2.03. The van der Waals surface area contributed by atoms with Crippen molar-refractivity contribution in [1.82, 2.24) is 0 Å². The summed E-state index contributed by atoms with van der Waals surface area (Å²) in [7, 11) is 0. The fourth-order valence-corrected chi connectivity index (χ4v) is 4.59. The zero-order valence-corrected chi connectivity index (χ0v) is 13.2. The maximum absolute atomic E-state index is 3.70. The lowest BCUT2D eigenvalue weighted by Crippen LogP contribution is -1.84. The summed E-state index contributed by atoms with van der Waals surface area (Å²) in [4.78, 5) is 1.63. The van der Waals surface area contributed by atoms with Crippen LogP contribution in [0.5, 0.6) is 0 Å². The molecule has 2 rings (SSSR count). The fraction of sp³-hybridized carbons (Fsp3) is 0.111. The normalized spacial score (nSPS) is 13.1. The molecule has 0 aliphatic rings. The molecule has 74 valence electrons. The van der Waals surface area contributed by atoms with Crippen LogP contribution in [-0.4, -0.2) is 0 Å². The van der Waals surface area contributed by atoms with E-state index in [0.717, 1.165) is 0 Å². The Balaban J connectivity index is 2.28. The summed E-state index contributed by atoms with van der Waals surface area (Å²) in [6, 6.07) is 6.37. The van der Waals surface area contributed by atoms with Crippen molar-refractivity contribution in [3.63, 3.8) is 0 Å². The van der Waals surface area contributed by atoms with Gasteiger partial charge in [-0.3, -0.25) is 0 Å². The molecule has 0 aliphatic heterocycles. The Morgan fingerprint density at radius 1 is 1.14 bits per heavy atom. The Bertz CT molecular complexity index is 392. The van der Waals surface area contributed by atoms with Crippen molar-refractivity contribution in [2.45, 2.75) is 4.83 Å². The molecule has 0 bridgehead atoms. The summed E-state index contributed by atoms with van der Waals surface area (Å²) in [5, 5.41) is 2.16. The minimum atomic E-state index is 0.307. The molecule has 0 N–H and O–H groups in total. The Labute approximate surface area is 116 Å². The molecule has 0 saturated carbocycles. The topological polar surface area (TPSA) is 0 Å². The molecule has 0 aliphatic carbocycles. The van der Waals surface area contributed by atoms with Crippen LogP contribution in [0.3, 0.4) is 0 Å². The van der Waals surface area contributed by atoms with Gasteiger partial charge in [-0.2, -0.15) is 0 Å². The van der Waals surface area contributed by atoms with Crippen molar-refractivity contribution in [3.05, 3.63) is 41.6 Å². The molecule has 2 aromatic rings. The second-order valence-corrected chi connectivity index (χ2v) is 8.39. The van der Waals surface area contributed by atoms with E-state index in [1.165, 1.54) is 18.0 Å². The highest BCUT2D eigenvalue weighted by Gasteiger charge is 2.13. The van der Waals surface area contributed by atoms with Gasteiger partial charge in [-0.05, 0) is 61.0 Å². The van der Waals surface area contributed by atoms with Crippen molar-refractivity contribution >= 4 is 70.5 Å². The van der Waals surface area contributed by atoms with Crippen molar-refractivity contribution < 1.29 is 0 Å². The highest BCUT2D eigenvalue weighted by molar-refractivity contribution is 9.11. The minimum Gasteiger partial charge on any atom is -0.136 e. The molecule has 2 aromatic heterocycles. The molecular weight excluding hydrogens is 412 g/mol. The number of hydrogen-bond donors (Lipinski definition) is 0. The van der Waals surface area contributed by atoms with Gasteiger partial charge in [0, 0.05) is 4.88 Å². The van der Waals surface area contributed by atoms with E-state index in [0.29, 0.717) is 4.83 Å². The van der Waals surface area contributed by atoms with Gasteiger partial charge in [-0.15, -0.1) is 22.7 Å². The van der Waals surface area contributed by atoms with E-state index < -0.39 is 0 Å². The zero-order chi connectivity index (χ0) is 10.1. The van der Waals surface area contributed by atoms with Crippen molar-refractivity contribution in [1.29, 1.82) is 0 Å². The fourth-order valence-electron chi connectivity index (χ4n) is 1.09. The van der Waals surface area contributed by atoms with E-state index in [9.17, 15) is 0 Å². The van der Waals surface area contributed by atoms with Crippen molar-refractivity contribution in [3.8, 4) is 0 Å². The van der Waals surface area contributed by atoms with E-state index in [1.807, 2.05) is 0 Å². The lowest BCUT2D eigenvalue weighted by molar-refractivity contribution is 1.25. The first-order valence-corrected chi connectivity index (χ1v) is 8.00. The van der Waals surface area contributed by atoms with Crippen LogP contribution in [0.4, 0.5) is 0 Å². The maximum Gasteiger partial charge on any atom is 0.0746 e. The van der Waals surface area contributed by atoms with Crippen molar-refractivity contribution in [2.24, 2.45) is 0 Å².